The van der Waals surface area contributed by atoms with Crippen LogP contribution in [0.4, 0.5) is 0 Å². The number of oxazole rings is 1. The van der Waals surface area contributed by atoms with Gasteiger partial charge in [0, 0.05) is 23.9 Å². The molecule has 2 aromatic rings. The Kier molecular flexibility index (Phi) is 3.30. The first-order chi connectivity index (χ1) is 10.6. The van der Waals surface area contributed by atoms with Crippen LogP contribution in [-0.4, -0.2) is 18.6 Å². The molecule has 2 fully saturated rings. The van der Waals surface area contributed by atoms with Gasteiger partial charge in [-0.05, 0) is 25.7 Å². The normalized spacial score (nSPS) is 19.3. The van der Waals surface area contributed by atoms with E-state index in [-0.39, 0.29) is 17.6 Å². The van der Waals surface area contributed by atoms with E-state index in [2.05, 4.69) is 14.9 Å². The zero-order valence-electron chi connectivity index (χ0n) is 12.0. The number of rotatable bonds is 6. The van der Waals surface area contributed by atoms with E-state index in [4.69, 9.17) is 8.94 Å². The predicted molar refractivity (Wildman–Crippen MR) is 75.6 cm³/mol. The molecule has 2 saturated carbocycles. The zero-order valence-corrected chi connectivity index (χ0v) is 12.8. The summed E-state index contributed by atoms with van der Waals surface area (Å²) in [5, 5.41) is 3.87. The Labute approximate surface area is 128 Å². The Hall–Kier alpha value is -1.67. The molecule has 0 unspecified atom stereocenters. The van der Waals surface area contributed by atoms with E-state index in [1.807, 2.05) is 0 Å². The molecular weight excluding hydrogens is 306 g/mol. The minimum Gasteiger partial charge on any atom is -0.428 e. The maximum absolute atomic E-state index is 12.3. The van der Waals surface area contributed by atoms with Crippen molar-refractivity contribution in [3.05, 3.63) is 29.6 Å². The van der Waals surface area contributed by atoms with Crippen LogP contribution in [0, 0.1) is 0 Å². The van der Waals surface area contributed by atoms with Crippen LogP contribution in [0.2, 0.25) is 0 Å². The molecule has 0 spiro atoms. The van der Waals surface area contributed by atoms with Crippen LogP contribution in [0.3, 0.4) is 0 Å². The van der Waals surface area contributed by atoms with Crippen LogP contribution < -0.4 is 4.72 Å². The van der Waals surface area contributed by atoms with Gasteiger partial charge in [0.2, 0.25) is 0 Å². The maximum Gasteiger partial charge on any atom is 0.275 e. The van der Waals surface area contributed by atoms with Crippen LogP contribution in [-0.2, 0) is 16.6 Å². The van der Waals surface area contributed by atoms with Gasteiger partial charge in [-0.1, -0.05) is 11.6 Å². The van der Waals surface area contributed by atoms with Crippen molar-refractivity contribution < 1.29 is 17.4 Å². The van der Waals surface area contributed by atoms with Gasteiger partial charge in [-0.3, -0.25) is 0 Å². The fourth-order valence-corrected chi connectivity index (χ4v) is 3.45. The lowest BCUT2D eigenvalue weighted by Crippen LogP contribution is -2.24. The first kappa shape index (κ1) is 14.0. The summed E-state index contributed by atoms with van der Waals surface area (Å²) in [5.74, 6) is 1.19. The van der Waals surface area contributed by atoms with Gasteiger partial charge >= 0.3 is 0 Å². The molecule has 2 aliphatic carbocycles. The monoisotopic (exact) mass is 323 g/mol. The molecule has 4 rings (SSSR count). The topological polar surface area (TPSA) is 98.2 Å². The Morgan fingerprint density at radius 2 is 2.05 bits per heavy atom. The lowest BCUT2D eigenvalue weighted by Gasteiger charge is -2.23. The lowest BCUT2D eigenvalue weighted by atomic mass is 9.82. The molecule has 2 heterocycles. The van der Waals surface area contributed by atoms with Gasteiger partial charge in [-0.2, -0.15) is 0 Å². The SMILES string of the molecule is O=S(=O)(NCc1conc1C1CCC1)c1cnc(C2CC2)o1. The van der Waals surface area contributed by atoms with Crippen molar-refractivity contribution >= 4 is 10.0 Å². The smallest absolute Gasteiger partial charge is 0.275 e. The summed E-state index contributed by atoms with van der Waals surface area (Å²) in [5.41, 5.74) is 1.65. The first-order valence-electron chi connectivity index (χ1n) is 7.52. The van der Waals surface area contributed by atoms with Crippen molar-refractivity contribution in [3.63, 3.8) is 0 Å². The van der Waals surface area contributed by atoms with Gasteiger partial charge in [0.15, 0.2) is 5.89 Å². The summed E-state index contributed by atoms with van der Waals surface area (Å²) in [4.78, 5) is 4.04. The fraction of sp³-hybridized carbons (Fsp3) is 0.571. The molecule has 2 aliphatic rings. The van der Waals surface area contributed by atoms with Crippen molar-refractivity contribution in [2.45, 2.75) is 55.6 Å². The number of aromatic nitrogens is 2. The second-order valence-electron chi connectivity index (χ2n) is 5.97. The van der Waals surface area contributed by atoms with Crippen LogP contribution >= 0.6 is 0 Å². The van der Waals surface area contributed by atoms with E-state index in [1.165, 1.54) is 18.9 Å². The molecular formula is C14H17N3O4S. The van der Waals surface area contributed by atoms with E-state index >= 15 is 0 Å². The standard InChI is InChI=1S/C14H17N3O4S/c18-22(19,12-7-15-14(21-12)10-4-5-10)16-6-11-8-20-17-13(11)9-2-1-3-9/h7-10,16H,1-6H2. The zero-order chi connectivity index (χ0) is 15.2. The summed E-state index contributed by atoms with van der Waals surface area (Å²) in [6.07, 6.45) is 8.16. The highest BCUT2D eigenvalue weighted by molar-refractivity contribution is 7.89. The van der Waals surface area contributed by atoms with Gasteiger partial charge < -0.3 is 8.94 Å². The number of hydrogen-bond acceptors (Lipinski definition) is 6. The summed E-state index contributed by atoms with van der Waals surface area (Å²) < 4.78 is 37.4. The molecule has 2 aromatic heterocycles. The van der Waals surface area contributed by atoms with Crippen LogP contribution in [0.1, 0.15) is 61.1 Å². The molecule has 1 N–H and O–H groups in total. The molecule has 8 heteroatoms. The summed E-state index contributed by atoms with van der Waals surface area (Å²) in [6, 6.07) is 0. The van der Waals surface area contributed by atoms with Gasteiger partial charge in [0.25, 0.3) is 15.1 Å². The minimum atomic E-state index is -3.70. The fourth-order valence-electron chi connectivity index (χ4n) is 2.58. The highest BCUT2D eigenvalue weighted by Crippen LogP contribution is 2.40. The number of hydrogen-bond donors (Lipinski definition) is 1. The summed E-state index contributed by atoms with van der Waals surface area (Å²) in [7, 11) is -3.70. The minimum absolute atomic E-state index is 0.129. The average Bonchev–Trinajstić information content (AvgIpc) is 2.99. The summed E-state index contributed by atoms with van der Waals surface area (Å²) in [6.45, 7) is 0.150. The third-order valence-corrected chi connectivity index (χ3v) is 5.56. The van der Waals surface area contributed by atoms with Gasteiger partial charge in [0.05, 0.1) is 11.9 Å². The first-order valence-corrected chi connectivity index (χ1v) is 9.00. The van der Waals surface area contributed by atoms with Crippen molar-refractivity contribution in [1.29, 1.82) is 0 Å². The van der Waals surface area contributed by atoms with Crippen molar-refractivity contribution in [2.24, 2.45) is 0 Å². The van der Waals surface area contributed by atoms with Crippen molar-refractivity contribution in [2.75, 3.05) is 0 Å². The molecule has 0 radical (unpaired) electrons. The Bertz CT molecular complexity index is 772. The van der Waals surface area contributed by atoms with Crippen LogP contribution in [0.5, 0.6) is 0 Å². The number of nitrogens with zero attached hydrogens (tertiary/aromatic N) is 2. The second kappa shape index (κ2) is 5.20. The van der Waals surface area contributed by atoms with E-state index < -0.39 is 10.0 Å². The lowest BCUT2D eigenvalue weighted by molar-refractivity contribution is 0.363. The summed E-state index contributed by atoms with van der Waals surface area (Å²) >= 11 is 0. The number of nitrogens with one attached hydrogen (secondary N) is 1. The average molecular weight is 323 g/mol. The third-order valence-electron chi connectivity index (χ3n) is 4.31. The maximum atomic E-state index is 12.3. The van der Waals surface area contributed by atoms with Gasteiger partial charge in [-0.15, -0.1) is 0 Å². The molecule has 118 valence electrons. The molecule has 7 nitrogen and oxygen atoms in total. The highest BCUT2D eigenvalue weighted by atomic mass is 32.2. The molecule has 0 aliphatic heterocycles. The Balaban J connectivity index is 1.46. The highest BCUT2D eigenvalue weighted by Gasteiger charge is 2.31. The van der Waals surface area contributed by atoms with Gasteiger partial charge in [-0.25, -0.2) is 18.1 Å². The molecule has 0 amide bonds. The molecule has 0 aromatic carbocycles. The van der Waals surface area contributed by atoms with E-state index in [1.54, 1.807) is 0 Å². The van der Waals surface area contributed by atoms with Crippen molar-refractivity contribution in [1.82, 2.24) is 14.9 Å². The van der Waals surface area contributed by atoms with E-state index in [0.717, 1.165) is 36.9 Å². The number of sulfonamides is 1. The largest absolute Gasteiger partial charge is 0.428 e. The second-order valence-corrected chi connectivity index (χ2v) is 7.67. The molecule has 0 atom stereocenters. The Morgan fingerprint density at radius 1 is 1.23 bits per heavy atom. The predicted octanol–water partition coefficient (Wildman–Crippen LogP) is 2.29. The molecule has 0 bridgehead atoms. The quantitative estimate of drug-likeness (QED) is 0.875. The molecule has 0 saturated heterocycles. The third kappa shape index (κ3) is 2.56. The van der Waals surface area contributed by atoms with E-state index in [9.17, 15) is 8.42 Å². The van der Waals surface area contributed by atoms with Crippen molar-refractivity contribution in [3.8, 4) is 0 Å². The van der Waals surface area contributed by atoms with E-state index in [0.29, 0.717) is 11.8 Å². The van der Waals surface area contributed by atoms with Gasteiger partial charge in [0.1, 0.15) is 6.26 Å². The molecule has 22 heavy (non-hydrogen) atoms. The van der Waals surface area contributed by atoms with Crippen LogP contribution in [0.25, 0.3) is 0 Å². The Morgan fingerprint density at radius 3 is 2.73 bits per heavy atom. The van der Waals surface area contributed by atoms with Crippen LogP contribution in [0.15, 0.2) is 26.5 Å².